The molecular formula is C17H19NO5. The van der Waals surface area contributed by atoms with Gasteiger partial charge in [-0.05, 0) is 31.5 Å². The van der Waals surface area contributed by atoms with Crippen molar-refractivity contribution in [3.8, 4) is 5.75 Å². The third-order valence-corrected chi connectivity index (χ3v) is 3.94. The topological polar surface area (TPSA) is 85.2 Å². The first-order valence-electron chi connectivity index (χ1n) is 7.11. The lowest BCUT2D eigenvalue weighted by molar-refractivity contribution is -0.143. The van der Waals surface area contributed by atoms with E-state index in [4.69, 9.17) is 9.47 Å². The van der Waals surface area contributed by atoms with Crippen molar-refractivity contribution in [1.29, 1.82) is 0 Å². The number of carbonyl (C=O) groups is 2. The summed E-state index contributed by atoms with van der Waals surface area (Å²) in [5.41, 5.74) is 2.10. The summed E-state index contributed by atoms with van der Waals surface area (Å²) < 4.78 is 9.75. The molecule has 0 fully saturated rings. The molecule has 0 saturated carbocycles. The lowest BCUT2D eigenvalue weighted by Gasteiger charge is -2.31. The number of ether oxygens (including phenoxy) is 2. The largest absolute Gasteiger partial charge is 0.508 e. The minimum atomic E-state index is -0.720. The Hall–Kier alpha value is -2.63. The zero-order valence-corrected chi connectivity index (χ0v) is 13.5. The second kappa shape index (κ2) is 6.64. The number of phenolic OH excluding ortho intramolecular Hbond substituents is 1. The lowest BCUT2D eigenvalue weighted by atomic mass is 9.75. The average Bonchev–Trinajstić information content (AvgIpc) is 2.53. The van der Waals surface area contributed by atoms with Crippen molar-refractivity contribution >= 4 is 17.7 Å². The molecule has 6 heteroatoms. The van der Waals surface area contributed by atoms with Crippen LogP contribution in [0.1, 0.15) is 25.3 Å². The fraction of sp³-hybridized carbons (Fsp3) is 0.353. The SMILES string of the molecule is COC(=O)C1=C(C)N=C(C)C(C(=O)OC)[C@@H]1c1ccc(O)cc1. The van der Waals surface area contributed by atoms with Crippen LogP contribution in [0.5, 0.6) is 5.75 Å². The molecule has 0 saturated heterocycles. The Morgan fingerprint density at radius 2 is 1.70 bits per heavy atom. The molecule has 2 rings (SSSR count). The van der Waals surface area contributed by atoms with E-state index < -0.39 is 23.8 Å². The summed E-state index contributed by atoms with van der Waals surface area (Å²) in [5.74, 6) is -2.20. The molecule has 0 amide bonds. The molecule has 1 unspecified atom stereocenters. The van der Waals surface area contributed by atoms with Crippen molar-refractivity contribution in [3.05, 3.63) is 41.1 Å². The van der Waals surface area contributed by atoms with Crippen molar-refractivity contribution in [2.75, 3.05) is 14.2 Å². The normalized spacial score (nSPS) is 20.8. The summed E-state index contributed by atoms with van der Waals surface area (Å²) in [4.78, 5) is 28.8. The number of aromatic hydroxyl groups is 1. The van der Waals surface area contributed by atoms with Crippen LogP contribution in [-0.4, -0.2) is 37.0 Å². The molecule has 0 aliphatic carbocycles. The Morgan fingerprint density at radius 3 is 2.22 bits per heavy atom. The minimum Gasteiger partial charge on any atom is -0.508 e. The van der Waals surface area contributed by atoms with E-state index in [1.807, 2.05) is 0 Å². The van der Waals surface area contributed by atoms with Gasteiger partial charge >= 0.3 is 11.9 Å². The maximum atomic E-state index is 12.3. The van der Waals surface area contributed by atoms with E-state index in [0.29, 0.717) is 22.5 Å². The molecule has 1 N–H and O–H groups in total. The number of allylic oxidation sites excluding steroid dienone is 1. The number of aliphatic imine (C=N–C) groups is 1. The number of nitrogens with zero attached hydrogens (tertiary/aromatic N) is 1. The van der Waals surface area contributed by atoms with Crippen molar-refractivity contribution in [3.63, 3.8) is 0 Å². The van der Waals surface area contributed by atoms with Crippen LogP contribution in [0.25, 0.3) is 0 Å². The van der Waals surface area contributed by atoms with Crippen molar-refractivity contribution in [2.24, 2.45) is 10.9 Å². The van der Waals surface area contributed by atoms with Crippen molar-refractivity contribution < 1.29 is 24.2 Å². The zero-order valence-electron chi connectivity index (χ0n) is 13.5. The van der Waals surface area contributed by atoms with Gasteiger partial charge in [0.15, 0.2) is 0 Å². The number of carbonyl (C=O) groups excluding carboxylic acids is 2. The highest BCUT2D eigenvalue weighted by Gasteiger charge is 2.41. The van der Waals surface area contributed by atoms with Crippen LogP contribution < -0.4 is 0 Å². The highest BCUT2D eigenvalue weighted by molar-refractivity contribution is 6.06. The Labute approximate surface area is 134 Å². The van der Waals surface area contributed by atoms with Gasteiger partial charge in [-0.25, -0.2) is 4.79 Å². The molecule has 0 radical (unpaired) electrons. The summed E-state index contributed by atoms with van der Waals surface area (Å²) in [5, 5.41) is 9.48. The van der Waals surface area contributed by atoms with Crippen LogP contribution in [0.15, 0.2) is 40.5 Å². The number of methoxy groups -OCH3 is 2. The van der Waals surface area contributed by atoms with Gasteiger partial charge in [0.1, 0.15) is 11.7 Å². The molecule has 122 valence electrons. The fourth-order valence-electron chi connectivity index (χ4n) is 2.89. The van der Waals surface area contributed by atoms with E-state index in [0.717, 1.165) is 0 Å². The molecule has 1 aromatic rings. The van der Waals surface area contributed by atoms with Crippen LogP contribution in [0.2, 0.25) is 0 Å². The van der Waals surface area contributed by atoms with Gasteiger partial charge < -0.3 is 14.6 Å². The number of hydrogen-bond acceptors (Lipinski definition) is 6. The molecule has 1 heterocycles. The number of rotatable bonds is 3. The van der Waals surface area contributed by atoms with Crippen LogP contribution in [0.3, 0.4) is 0 Å². The minimum absolute atomic E-state index is 0.102. The molecule has 23 heavy (non-hydrogen) atoms. The summed E-state index contributed by atoms with van der Waals surface area (Å²) in [6.45, 7) is 3.43. The first-order chi connectivity index (χ1) is 10.9. The standard InChI is InChI=1S/C17H19NO5/c1-9-13(16(20)22-3)15(11-5-7-12(19)8-6-11)14(10(2)18-9)17(21)23-4/h5-8,13,15,19H,1-4H3/t13?,15-/m0/s1. The smallest absolute Gasteiger partial charge is 0.336 e. The average molecular weight is 317 g/mol. The monoisotopic (exact) mass is 317 g/mol. The van der Waals surface area contributed by atoms with Gasteiger partial charge in [0, 0.05) is 17.3 Å². The van der Waals surface area contributed by atoms with Gasteiger partial charge in [-0.1, -0.05) is 12.1 Å². The van der Waals surface area contributed by atoms with E-state index in [1.54, 1.807) is 26.0 Å². The molecule has 6 nitrogen and oxygen atoms in total. The first-order valence-corrected chi connectivity index (χ1v) is 7.11. The van der Waals surface area contributed by atoms with E-state index >= 15 is 0 Å². The molecule has 0 spiro atoms. The van der Waals surface area contributed by atoms with Gasteiger partial charge in [0.05, 0.1) is 19.8 Å². The second-order valence-corrected chi connectivity index (χ2v) is 5.31. The molecule has 1 aliphatic rings. The third kappa shape index (κ3) is 3.11. The molecule has 1 aliphatic heterocycles. The first kappa shape index (κ1) is 16.7. The number of benzene rings is 1. The van der Waals surface area contributed by atoms with Crippen LogP contribution >= 0.6 is 0 Å². The predicted molar refractivity (Wildman–Crippen MR) is 84.2 cm³/mol. The predicted octanol–water partition coefficient (Wildman–Crippen LogP) is 2.19. The number of esters is 2. The van der Waals surface area contributed by atoms with Crippen molar-refractivity contribution in [2.45, 2.75) is 19.8 Å². The number of hydrogen-bond donors (Lipinski definition) is 1. The number of phenols is 1. The summed E-state index contributed by atoms with van der Waals surface area (Å²) in [6, 6.07) is 6.36. The second-order valence-electron chi connectivity index (χ2n) is 5.31. The Kier molecular flexibility index (Phi) is 4.83. The molecule has 0 bridgehead atoms. The highest BCUT2D eigenvalue weighted by atomic mass is 16.5. The Morgan fingerprint density at radius 1 is 1.09 bits per heavy atom. The molecular weight excluding hydrogens is 298 g/mol. The van der Waals surface area contributed by atoms with Crippen molar-refractivity contribution in [1.82, 2.24) is 0 Å². The van der Waals surface area contributed by atoms with Crippen LogP contribution in [0, 0.1) is 5.92 Å². The highest BCUT2D eigenvalue weighted by Crippen LogP contribution is 2.40. The lowest BCUT2D eigenvalue weighted by Crippen LogP contribution is -2.36. The zero-order chi connectivity index (χ0) is 17.1. The van der Waals surface area contributed by atoms with Crippen LogP contribution in [-0.2, 0) is 19.1 Å². The summed E-state index contributed by atoms with van der Waals surface area (Å²) in [7, 11) is 2.58. The van der Waals surface area contributed by atoms with Gasteiger partial charge in [0.25, 0.3) is 0 Å². The van der Waals surface area contributed by atoms with Gasteiger partial charge in [-0.2, -0.15) is 0 Å². The van der Waals surface area contributed by atoms with Gasteiger partial charge in [-0.15, -0.1) is 0 Å². The quantitative estimate of drug-likeness (QED) is 0.864. The van der Waals surface area contributed by atoms with Crippen LogP contribution in [0.4, 0.5) is 0 Å². The van der Waals surface area contributed by atoms with E-state index in [-0.39, 0.29) is 5.75 Å². The van der Waals surface area contributed by atoms with Gasteiger partial charge in [0.2, 0.25) is 0 Å². The molecule has 2 atom stereocenters. The fourth-order valence-corrected chi connectivity index (χ4v) is 2.89. The summed E-state index contributed by atoms with van der Waals surface area (Å²) in [6.07, 6.45) is 0. The molecule has 1 aromatic carbocycles. The maximum absolute atomic E-state index is 12.3. The van der Waals surface area contributed by atoms with E-state index in [2.05, 4.69) is 4.99 Å². The van der Waals surface area contributed by atoms with Gasteiger partial charge in [-0.3, -0.25) is 9.79 Å². The Balaban J connectivity index is 2.65. The van der Waals surface area contributed by atoms with E-state index in [1.165, 1.54) is 26.4 Å². The van der Waals surface area contributed by atoms with E-state index in [9.17, 15) is 14.7 Å². The third-order valence-electron chi connectivity index (χ3n) is 3.94. The maximum Gasteiger partial charge on any atom is 0.336 e. The Bertz CT molecular complexity index is 687. The summed E-state index contributed by atoms with van der Waals surface area (Å²) >= 11 is 0. The molecule has 0 aromatic heterocycles.